The highest BCUT2D eigenvalue weighted by Crippen LogP contribution is 2.51. The van der Waals surface area contributed by atoms with Gasteiger partial charge in [-0.3, -0.25) is 4.79 Å². The highest BCUT2D eigenvalue weighted by atomic mass is 16.7. The molecule has 1 saturated carbocycles. The fraction of sp³-hybridized carbons (Fsp3) is 0.286. The third kappa shape index (κ3) is 4.12. The van der Waals surface area contributed by atoms with Crippen molar-refractivity contribution in [3.05, 3.63) is 77.4 Å². The summed E-state index contributed by atoms with van der Waals surface area (Å²) in [6.07, 6.45) is 2.12. The minimum absolute atomic E-state index is 0.166. The maximum atomic E-state index is 13.4. The summed E-state index contributed by atoms with van der Waals surface area (Å²) in [5, 5.41) is 2.85. The summed E-state index contributed by atoms with van der Waals surface area (Å²) in [7, 11) is 3.41. The summed E-state index contributed by atoms with van der Waals surface area (Å²) in [6.45, 7) is 2.30. The average molecular weight is 457 g/mol. The molecule has 6 nitrogen and oxygen atoms in total. The van der Waals surface area contributed by atoms with Crippen LogP contribution in [0.1, 0.15) is 29.5 Å². The van der Waals surface area contributed by atoms with Crippen LogP contribution in [0.5, 0.6) is 11.5 Å². The summed E-state index contributed by atoms with van der Waals surface area (Å²) >= 11 is 0. The van der Waals surface area contributed by atoms with Crippen LogP contribution in [0.2, 0.25) is 0 Å². The van der Waals surface area contributed by atoms with Crippen molar-refractivity contribution in [2.24, 2.45) is 0 Å². The van der Waals surface area contributed by atoms with Gasteiger partial charge in [0.15, 0.2) is 11.5 Å². The molecule has 1 fully saturated rings. The number of hydrogen-bond donors (Lipinski definition) is 1. The molecule has 2 aliphatic rings. The molecule has 5 rings (SSSR count). The summed E-state index contributed by atoms with van der Waals surface area (Å²) < 4.78 is 10.9. The van der Waals surface area contributed by atoms with E-state index in [-0.39, 0.29) is 18.6 Å². The molecule has 1 aliphatic carbocycles. The number of fused-ring (bicyclic) bond motifs is 1. The number of rotatable bonds is 6. The number of benzene rings is 3. The second kappa shape index (κ2) is 8.52. The van der Waals surface area contributed by atoms with E-state index in [4.69, 9.17) is 9.47 Å². The van der Waals surface area contributed by atoms with Gasteiger partial charge < -0.3 is 19.7 Å². The zero-order chi connectivity index (χ0) is 23.9. The summed E-state index contributed by atoms with van der Waals surface area (Å²) in [5.41, 5.74) is 5.62. The Bertz CT molecular complexity index is 1260. The van der Waals surface area contributed by atoms with Gasteiger partial charge in [0.1, 0.15) is 5.78 Å². The molecule has 1 heterocycles. The molecular formula is C28H28N2O4. The number of nitrogens with zero attached hydrogens (tertiary/aromatic N) is 1. The van der Waals surface area contributed by atoms with Crippen molar-refractivity contribution in [3.8, 4) is 22.6 Å². The highest BCUT2D eigenvalue weighted by Gasteiger charge is 2.50. The molecule has 0 bridgehead atoms. The van der Waals surface area contributed by atoms with Crippen molar-refractivity contribution < 1.29 is 19.1 Å². The minimum Gasteiger partial charge on any atom is -0.454 e. The summed E-state index contributed by atoms with van der Waals surface area (Å²) in [5.74, 6) is 1.70. The van der Waals surface area contributed by atoms with Gasteiger partial charge in [0.2, 0.25) is 6.79 Å². The molecule has 34 heavy (non-hydrogen) atoms. The third-order valence-electron chi connectivity index (χ3n) is 6.73. The number of anilines is 1. The van der Waals surface area contributed by atoms with E-state index in [1.165, 1.54) is 4.90 Å². The lowest BCUT2D eigenvalue weighted by Gasteiger charge is -2.16. The molecule has 174 valence electrons. The van der Waals surface area contributed by atoms with Crippen molar-refractivity contribution >= 4 is 17.5 Å². The third-order valence-corrected chi connectivity index (χ3v) is 6.73. The number of nitrogens with one attached hydrogen (secondary N) is 1. The van der Waals surface area contributed by atoms with Crippen LogP contribution in [0.3, 0.4) is 0 Å². The van der Waals surface area contributed by atoms with Crippen LogP contribution in [-0.2, 0) is 16.6 Å². The molecular weight excluding hydrogens is 428 g/mol. The van der Waals surface area contributed by atoms with Crippen molar-refractivity contribution in [1.82, 2.24) is 4.90 Å². The second-order valence-electron chi connectivity index (χ2n) is 9.30. The lowest BCUT2D eigenvalue weighted by Crippen LogP contribution is -2.27. The second-order valence-corrected chi connectivity index (χ2v) is 9.30. The lowest BCUT2D eigenvalue weighted by molar-refractivity contribution is -0.120. The van der Waals surface area contributed by atoms with Crippen molar-refractivity contribution in [3.63, 3.8) is 0 Å². The zero-order valence-electron chi connectivity index (χ0n) is 19.7. The van der Waals surface area contributed by atoms with E-state index < -0.39 is 5.41 Å². The number of ether oxygens (including phenoxy) is 2. The molecule has 0 unspecified atom stereocenters. The first-order valence-electron chi connectivity index (χ1n) is 11.5. The molecule has 0 spiro atoms. The highest BCUT2D eigenvalue weighted by molar-refractivity contribution is 5.95. The van der Waals surface area contributed by atoms with Crippen molar-refractivity contribution in [1.29, 1.82) is 0 Å². The normalized spacial score (nSPS) is 15.0. The van der Waals surface area contributed by atoms with Gasteiger partial charge in [0.05, 0.1) is 5.41 Å². The number of amides is 2. The van der Waals surface area contributed by atoms with Crippen molar-refractivity contribution in [2.45, 2.75) is 31.6 Å². The number of carbonyl (C=O) groups is 2. The van der Waals surface area contributed by atoms with E-state index in [0.717, 1.165) is 57.8 Å². The maximum Gasteiger partial charge on any atom is 0.321 e. The molecule has 1 aliphatic heterocycles. The largest absolute Gasteiger partial charge is 0.454 e. The molecule has 3 aromatic rings. The first-order chi connectivity index (χ1) is 16.4. The molecule has 3 aromatic carbocycles. The van der Waals surface area contributed by atoms with Gasteiger partial charge in [-0.05, 0) is 71.8 Å². The smallest absolute Gasteiger partial charge is 0.321 e. The Morgan fingerprint density at radius 3 is 2.38 bits per heavy atom. The van der Waals surface area contributed by atoms with Crippen LogP contribution < -0.4 is 14.8 Å². The van der Waals surface area contributed by atoms with Crippen molar-refractivity contribution in [2.75, 3.05) is 26.2 Å². The predicted molar refractivity (Wildman–Crippen MR) is 132 cm³/mol. The zero-order valence-corrected chi connectivity index (χ0v) is 19.7. The Morgan fingerprint density at radius 2 is 1.68 bits per heavy atom. The van der Waals surface area contributed by atoms with Gasteiger partial charge in [-0.25, -0.2) is 4.79 Å². The Hall–Kier alpha value is -3.80. The van der Waals surface area contributed by atoms with Gasteiger partial charge in [0, 0.05) is 26.2 Å². The summed E-state index contributed by atoms with van der Waals surface area (Å²) in [4.78, 5) is 26.8. The lowest BCUT2D eigenvalue weighted by atomic mass is 9.87. The fourth-order valence-electron chi connectivity index (χ4n) is 4.46. The maximum absolute atomic E-state index is 13.4. The first kappa shape index (κ1) is 22.0. The standard InChI is InChI=1S/C28H28N2O4/c1-18-4-5-19(14-23(18)20-6-9-22(10-7-20)29-27(32)30(2)3)15-26(31)28(12-13-28)21-8-11-24-25(16-21)34-17-33-24/h4-11,14,16H,12-13,15,17H2,1-3H3,(H,29,32). The molecule has 0 aromatic heterocycles. The van der Waals surface area contributed by atoms with E-state index in [1.807, 2.05) is 48.5 Å². The van der Waals surface area contributed by atoms with Crippen LogP contribution in [0.4, 0.5) is 10.5 Å². The first-order valence-corrected chi connectivity index (χ1v) is 11.5. The van der Waals surface area contributed by atoms with E-state index in [2.05, 4.69) is 24.4 Å². The van der Waals surface area contributed by atoms with Crippen LogP contribution in [0.25, 0.3) is 11.1 Å². The Morgan fingerprint density at radius 1 is 0.941 bits per heavy atom. The topological polar surface area (TPSA) is 67.9 Å². The monoisotopic (exact) mass is 456 g/mol. The SMILES string of the molecule is Cc1ccc(CC(=O)C2(c3ccc4c(c3)OCO4)CC2)cc1-c1ccc(NC(=O)N(C)C)cc1. The van der Waals surface area contributed by atoms with Gasteiger partial charge in [0.25, 0.3) is 0 Å². The molecule has 2 amide bonds. The fourth-order valence-corrected chi connectivity index (χ4v) is 4.46. The molecule has 0 atom stereocenters. The Kier molecular flexibility index (Phi) is 5.52. The number of Topliss-reactive ketones (excluding diaryl/α,β-unsaturated/α-hetero) is 1. The van der Waals surface area contributed by atoms with Crippen LogP contribution in [0.15, 0.2) is 60.7 Å². The number of ketones is 1. The van der Waals surface area contributed by atoms with E-state index in [0.29, 0.717) is 6.42 Å². The Balaban J connectivity index is 1.34. The minimum atomic E-state index is -0.418. The van der Waals surface area contributed by atoms with Gasteiger partial charge >= 0.3 is 6.03 Å². The van der Waals surface area contributed by atoms with E-state index in [1.54, 1.807) is 14.1 Å². The number of urea groups is 1. The van der Waals surface area contributed by atoms with Gasteiger partial charge in [-0.15, -0.1) is 0 Å². The molecule has 0 saturated heterocycles. The molecule has 1 N–H and O–H groups in total. The quantitative estimate of drug-likeness (QED) is 0.545. The van der Waals surface area contributed by atoms with E-state index in [9.17, 15) is 9.59 Å². The Labute approximate surface area is 199 Å². The molecule has 6 heteroatoms. The molecule has 0 radical (unpaired) electrons. The van der Waals surface area contributed by atoms with E-state index >= 15 is 0 Å². The van der Waals surface area contributed by atoms with Crippen LogP contribution in [0, 0.1) is 6.92 Å². The van der Waals surface area contributed by atoms with Crippen LogP contribution >= 0.6 is 0 Å². The number of aryl methyl sites for hydroxylation is 1. The summed E-state index contributed by atoms with van der Waals surface area (Å²) in [6, 6.07) is 19.7. The van der Waals surface area contributed by atoms with Gasteiger partial charge in [-0.1, -0.05) is 36.4 Å². The predicted octanol–water partition coefficient (Wildman–Crippen LogP) is 5.33. The van der Waals surface area contributed by atoms with Gasteiger partial charge in [-0.2, -0.15) is 0 Å². The van der Waals surface area contributed by atoms with Crippen LogP contribution in [-0.4, -0.2) is 37.6 Å². The number of carbonyl (C=O) groups excluding carboxylic acids is 2. The average Bonchev–Trinajstić information content (AvgIpc) is 3.51. The number of hydrogen-bond acceptors (Lipinski definition) is 4.